The Morgan fingerprint density at radius 3 is 2.82 bits per heavy atom. The molecule has 2 rings (SSSR count). The van der Waals surface area contributed by atoms with Crippen LogP contribution in [-0.4, -0.2) is 10.9 Å². The molecule has 1 heterocycles. The maximum atomic E-state index is 13.4. The molecule has 0 saturated heterocycles. The fourth-order valence-electron chi connectivity index (χ4n) is 1.29. The molecule has 1 N–H and O–H groups in total. The Kier molecular flexibility index (Phi) is 3.49. The number of hydrogen-bond donors (Lipinski definition) is 1. The molecule has 0 aliphatic heterocycles. The van der Waals surface area contributed by atoms with Crippen molar-refractivity contribution in [1.82, 2.24) is 4.98 Å². The molecular weight excluding hydrogens is 287 g/mol. The number of nitrogens with one attached hydrogen (secondary N) is 1. The number of halogens is 2. The van der Waals surface area contributed by atoms with Crippen molar-refractivity contribution >= 4 is 27.7 Å². The summed E-state index contributed by atoms with van der Waals surface area (Å²) in [6.07, 6.45) is 1.55. The zero-order chi connectivity index (χ0) is 12.3. The lowest BCUT2D eigenvalue weighted by molar-refractivity contribution is 0.102. The zero-order valence-corrected chi connectivity index (χ0v) is 10.2. The highest BCUT2D eigenvalue weighted by Crippen LogP contribution is 2.16. The van der Waals surface area contributed by atoms with E-state index in [2.05, 4.69) is 26.2 Å². The molecule has 3 nitrogen and oxygen atoms in total. The summed E-state index contributed by atoms with van der Waals surface area (Å²) in [7, 11) is 0. The van der Waals surface area contributed by atoms with Crippen molar-refractivity contribution in [2.75, 3.05) is 5.32 Å². The van der Waals surface area contributed by atoms with Gasteiger partial charge in [-0.15, -0.1) is 0 Å². The highest BCUT2D eigenvalue weighted by molar-refractivity contribution is 9.10. The molecule has 0 saturated carbocycles. The highest BCUT2D eigenvalue weighted by atomic mass is 79.9. The normalized spacial score (nSPS) is 10.0. The van der Waals surface area contributed by atoms with Crippen LogP contribution in [0.3, 0.4) is 0 Å². The maximum Gasteiger partial charge on any atom is 0.259 e. The molecule has 1 aromatic heterocycles. The molecule has 0 aliphatic carbocycles. The number of nitrogens with zero attached hydrogens (tertiary/aromatic N) is 1. The number of rotatable bonds is 2. The molecule has 86 valence electrons. The van der Waals surface area contributed by atoms with Crippen molar-refractivity contribution < 1.29 is 9.18 Å². The molecule has 17 heavy (non-hydrogen) atoms. The molecule has 0 bridgehead atoms. The van der Waals surface area contributed by atoms with Crippen LogP contribution in [0, 0.1) is 5.82 Å². The third-order valence-corrected chi connectivity index (χ3v) is 2.57. The zero-order valence-electron chi connectivity index (χ0n) is 8.65. The van der Waals surface area contributed by atoms with Gasteiger partial charge in [0.15, 0.2) is 0 Å². The van der Waals surface area contributed by atoms with Crippen molar-refractivity contribution in [3.63, 3.8) is 0 Å². The summed E-state index contributed by atoms with van der Waals surface area (Å²) in [5.74, 6) is -0.707. The predicted molar refractivity (Wildman–Crippen MR) is 66.3 cm³/mol. The molecule has 0 fully saturated rings. The Balaban J connectivity index is 2.23. The van der Waals surface area contributed by atoms with E-state index < -0.39 is 11.7 Å². The van der Waals surface area contributed by atoms with Crippen LogP contribution < -0.4 is 5.32 Å². The summed E-state index contributed by atoms with van der Waals surface area (Å²) < 4.78 is 14.1. The van der Waals surface area contributed by atoms with Crippen LogP contribution in [0.5, 0.6) is 0 Å². The van der Waals surface area contributed by atoms with E-state index in [-0.39, 0.29) is 5.56 Å². The second-order valence-corrected chi connectivity index (χ2v) is 4.21. The number of anilines is 1. The van der Waals surface area contributed by atoms with Crippen LogP contribution in [0.1, 0.15) is 10.4 Å². The minimum atomic E-state index is -0.568. The van der Waals surface area contributed by atoms with Crippen molar-refractivity contribution in [3.8, 4) is 0 Å². The van der Waals surface area contributed by atoms with Gasteiger partial charge in [-0.3, -0.25) is 4.79 Å². The Hall–Kier alpha value is -1.75. The van der Waals surface area contributed by atoms with Gasteiger partial charge in [0.1, 0.15) is 11.6 Å². The number of benzene rings is 1. The number of pyridine rings is 1. The number of aromatic nitrogens is 1. The molecule has 1 aromatic carbocycles. The lowest BCUT2D eigenvalue weighted by atomic mass is 10.2. The first-order chi connectivity index (χ1) is 8.16. The van der Waals surface area contributed by atoms with Gasteiger partial charge < -0.3 is 5.32 Å². The quantitative estimate of drug-likeness (QED) is 0.924. The summed E-state index contributed by atoms with van der Waals surface area (Å²) in [6, 6.07) is 9.29. The van der Waals surface area contributed by atoms with Gasteiger partial charge in [0, 0.05) is 10.7 Å². The van der Waals surface area contributed by atoms with Gasteiger partial charge in [-0.1, -0.05) is 22.0 Å². The fraction of sp³-hybridized carbons (Fsp3) is 0. The van der Waals surface area contributed by atoms with Crippen molar-refractivity contribution in [1.29, 1.82) is 0 Å². The molecule has 5 heteroatoms. The molecule has 0 radical (unpaired) electrons. The topological polar surface area (TPSA) is 42.0 Å². The van der Waals surface area contributed by atoms with Gasteiger partial charge in [0.05, 0.1) is 5.56 Å². The molecule has 1 amide bonds. The standard InChI is InChI=1S/C12H8BrFN2O/c13-8-4-5-10(14)9(7-8)12(17)16-11-3-1-2-6-15-11/h1-7H,(H,15,16,17). The SMILES string of the molecule is O=C(Nc1ccccn1)c1cc(Br)ccc1F. The van der Waals surface area contributed by atoms with Crippen LogP contribution in [0.2, 0.25) is 0 Å². The van der Waals surface area contributed by atoms with Gasteiger partial charge in [-0.05, 0) is 30.3 Å². The number of amides is 1. The summed E-state index contributed by atoms with van der Waals surface area (Å²) in [5.41, 5.74) is -0.0231. The van der Waals surface area contributed by atoms with Gasteiger partial charge >= 0.3 is 0 Å². The summed E-state index contributed by atoms with van der Waals surface area (Å²) in [5, 5.41) is 2.52. The van der Waals surface area contributed by atoms with E-state index in [1.165, 1.54) is 18.2 Å². The molecule has 0 aliphatic rings. The maximum absolute atomic E-state index is 13.4. The molecule has 2 aromatic rings. The van der Waals surface area contributed by atoms with Gasteiger partial charge in [0.25, 0.3) is 5.91 Å². The Bertz CT molecular complexity index is 545. The van der Waals surface area contributed by atoms with E-state index in [0.717, 1.165) is 0 Å². The molecular formula is C12H8BrFN2O. The summed E-state index contributed by atoms with van der Waals surface area (Å²) >= 11 is 3.19. The van der Waals surface area contributed by atoms with Crippen LogP contribution in [0.25, 0.3) is 0 Å². The van der Waals surface area contributed by atoms with Crippen LogP contribution in [0.15, 0.2) is 47.1 Å². The minimum absolute atomic E-state index is 0.0231. The average molecular weight is 295 g/mol. The smallest absolute Gasteiger partial charge is 0.259 e. The average Bonchev–Trinajstić information content (AvgIpc) is 2.33. The summed E-state index contributed by atoms with van der Waals surface area (Å²) in [4.78, 5) is 15.7. The number of carbonyl (C=O) groups is 1. The van der Waals surface area contributed by atoms with Crippen LogP contribution in [0.4, 0.5) is 10.2 Å². The second kappa shape index (κ2) is 5.05. The number of carbonyl (C=O) groups excluding carboxylic acids is 1. The third kappa shape index (κ3) is 2.88. The Morgan fingerprint density at radius 1 is 1.29 bits per heavy atom. The van der Waals surface area contributed by atoms with Gasteiger partial charge in [-0.25, -0.2) is 9.37 Å². The number of hydrogen-bond acceptors (Lipinski definition) is 2. The largest absolute Gasteiger partial charge is 0.306 e. The monoisotopic (exact) mass is 294 g/mol. The second-order valence-electron chi connectivity index (χ2n) is 3.29. The molecule has 0 spiro atoms. The van der Waals surface area contributed by atoms with E-state index in [1.54, 1.807) is 24.4 Å². The Labute approximate surface area is 106 Å². The predicted octanol–water partition coefficient (Wildman–Crippen LogP) is 3.24. The van der Waals surface area contributed by atoms with Gasteiger partial charge in [0.2, 0.25) is 0 Å². The highest BCUT2D eigenvalue weighted by Gasteiger charge is 2.12. The van der Waals surface area contributed by atoms with E-state index in [4.69, 9.17) is 0 Å². The van der Waals surface area contributed by atoms with E-state index in [9.17, 15) is 9.18 Å². The van der Waals surface area contributed by atoms with Crippen molar-refractivity contribution in [2.24, 2.45) is 0 Å². The minimum Gasteiger partial charge on any atom is -0.306 e. The van der Waals surface area contributed by atoms with E-state index >= 15 is 0 Å². The van der Waals surface area contributed by atoms with Crippen molar-refractivity contribution in [3.05, 3.63) is 58.4 Å². The van der Waals surface area contributed by atoms with Gasteiger partial charge in [-0.2, -0.15) is 0 Å². The fourth-order valence-corrected chi connectivity index (χ4v) is 1.65. The van der Waals surface area contributed by atoms with E-state index in [0.29, 0.717) is 10.3 Å². The third-order valence-electron chi connectivity index (χ3n) is 2.08. The lowest BCUT2D eigenvalue weighted by Gasteiger charge is -2.05. The first kappa shape index (κ1) is 11.7. The molecule has 0 atom stereocenters. The first-order valence-corrected chi connectivity index (χ1v) is 5.63. The molecule has 0 unspecified atom stereocenters. The first-order valence-electron chi connectivity index (χ1n) is 4.84. The van der Waals surface area contributed by atoms with Crippen molar-refractivity contribution in [2.45, 2.75) is 0 Å². The van der Waals surface area contributed by atoms with Crippen LogP contribution in [-0.2, 0) is 0 Å². The van der Waals surface area contributed by atoms with Crippen LogP contribution >= 0.6 is 15.9 Å². The lowest BCUT2D eigenvalue weighted by Crippen LogP contribution is -2.14. The van der Waals surface area contributed by atoms with E-state index in [1.807, 2.05) is 0 Å². The Morgan fingerprint density at radius 2 is 2.12 bits per heavy atom. The summed E-state index contributed by atoms with van der Waals surface area (Å²) in [6.45, 7) is 0.